The molecule has 0 saturated heterocycles. The summed E-state index contributed by atoms with van der Waals surface area (Å²) >= 11 is 0. The highest BCUT2D eigenvalue weighted by Crippen LogP contribution is 2.53. The van der Waals surface area contributed by atoms with Crippen molar-refractivity contribution in [3.8, 4) is 66.8 Å². The lowest BCUT2D eigenvalue weighted by Gasteiger charge is -2.28. The van der Waals surface area contributed by atoms with E-state index in [9.17, 15) is 67.0 Å². The Morgan fingerprint density at radius 1 is 0.336 bits per heavy atom. The van der Waals surface area contributed by atoms with Crippen molar-refractivity contribution in [2.24, 2.45) is 0 Å². The Kier molecular flexibility index (Phi) is 22.7. The number of anilines is 10. The van der Waals surface area contributed by atoms with Gasteiger partial charge >= 0.3 is 12.1 Å². The third-order valence-electron chi connectivity index (χ3n) is 26.4. The lowest BCUT2D eigenvalue weighted by Crippen LogP contribution is -2.33. The molecule has 12 aromatic rings. The van der Waals surface area contributed by atoms with E-state index in [1.165, 1.54) is 27.8 Å². The van der Waals surface area contributed by atoms with E-state index < -0.39 is 12.1 Å². The summed E-state index contributed by atoms with van der Waals surface area (Å²) in [6.45, 7) is 3.94. The van der Waals surface area contributed by atoms with Crippen LogP contribution in [-0.2, 0) is 111 Å². The summed E-state index contributed by atoms with van der Waals surface area (Å²) in [4.78, 5) is 142. The van der Waals surface area contributed by atoms with Gasteiger partial charge in [-0.05, 0) is 183 Å². The molecule has 12 aliphatic heterocycles. The number of aromatic nitrogens is 6. The van der Waals surface area contributed by atoms with Gasteiger partial charge in [-0.2, -0.15) is 13.2 Å². The maximum Gasteiger partial charge on any atom is 0.471 e. The molecule has 32 heteroatoms. The van der Waals surface area contributed by atoms with Crippen LogP contribution in [0.15, 0.2) is 184 Å². The number of carbonyl (C=O) groups is 7. The van der Waals surface area contributed by atoms with Crippen molar-refractivity contribution in [2.75, 3.05) is 97.8 Å². The van der Waals surface area contributed by atoms with Crippen LogP contribution >= 0.6 is 0 Å². The number of pyridine rings is 6. The van der Waals surface area contributed by atoms with Gasteiger partial charge in [0.15, 0.2) is 0 Å². The average Bonchev–Trinajstić information content (AvgIpc) is 1.64. The largest absolute Gasteiger partial charge is 0.471 e. The Balaban J connectivity index is 0.000000102. The molecule has 0 saturated carbocycles. The van der Waals surface area contributed by atoms with Gasteiger partial charge in [0, 0.05) is 254 Å². The van der Waals surface area contributed by atoms with Crippen molar-refractivity contribution in [1.82, 2.24) is 29.9 Å². The lowest BCUT2D eigenvalue weighted by molar-refractivity contribution is -0.384. The summed E-state index contributed by atoms with van der Waals surface area (Å²) in [6.07, 6.45) is 26.9. The van der Waals surface area contributed by atoms with E-state index in [1.807, 2.05) is 100 Å². The summed E-state index contributed by atoms with van der Waals surface area (Å²) in [5, 5.41) is 28.7. The van der Waals surface area contributed by atoms with Crippen LogP contribution in [0, 0.1) is 20.2 Å². The zero-order valence-electron chi connectivity index (χ0n) is 71.3. The van der Waals surface area contributed by atoms with Crippen LogP contribution in [0.5, 0.6) is 0 Å². The van der Waals surface area contributed by atoms with E-state index in [4.69, 9.17) is 11.5 Å². The Morgan fingerprint density at radius 2 is 0.580 bits per heavy atom. The van der Waals surface area contributed by atoms with Crippen molar-refractivity contribution >= 4 is 110 Å². The molecule has 0 aliphatic carbocycles. The van der Waals surface area contributed by atoms with Crippen LogP contribution in [0.1, 0.15) is 105 Å². The lowest BCUT2D eigenvalue weighted by atomic mass is 9.91. The summed E-state index contributed by atoms with van der Waals surface area (Å²) in [5.41, 5.74) is 43.8. The number of nitrogens with zero attached hydrogens (tertiary/aromatic N) is 14. The molecule has 18 heterocycles. The number of nitro benzene ring substituents is 2. The van der Waals surface area contributed by atoms with Crippen LogP contribution in [0.25, 0.3) is 66.8 Å². The van der Waals surface area contributed by atoms with E-state index in [-0.39, 0.29) is 62.4 Å². The standard InChI is InChI=1S/C18H14F3N3O2.C17H17N3O.2C16H13N3O3.2C16H15N3O/c19-18(20,21)17(26)23-15-12-5-7-24-14(25)4-3-10(16(12)24)8-13(15)11-2-1-6-22-9-11;1-18-16-13-4-5-15(21)20-8-6-11(17(13)20)9-14(16)12-3-2-7-19-10-12;20-14-4-3-12-15-10(5-7-18(14)15)8-13(16(12)19(21)22)11-2-1-6-17-9-11;20-14-4-3-10-8-13(11-2-1-6-17-9-11)16(19(21)22)12-5-7-18(14)15(10)12;17-15-12-3-4-14(20)19-7-5-10(16(12)19)8-13(15)11-2-1-6-18-9-11;17-15-12-5-7-19-14(20)4-3-10(16(12)19)8-13(15)11-2-1-6-18-9-11/h1-2,6,8-9H,3-5,7H2,(H,23,26);2-3,7,9-10,18H,4-6,8H2,1H3;2*1-2,6,8-9H,3-5,7H2;2*1-2,6,8-9H,3-5,7,17H2. The van der Waals surface area contributed by atoms with Gasteiger partial charge in [-0.1, -0.05) is 36.4 Å². The zero-order chi connectivity index (χ0) is 90.8. The van der Waals surface area contributed by atoms with E-state index >= 15 is 0 Å². The third kappa shape index (κ3) is 15.6. The number of benzene rings is 6. The molecule has 24 rings (SSSR count). The van der Waals surface area contributed by atoms with Crippen LogP contribution in [0.4, 0.5) is 81.4 Å². The van der Waals surface area contributed by atoms with Gasteiger partial charge in [0.1, 0.15) is 0 Å². The van der Waals surface area contributed by atoms with Gasteiger partial charge in [0.25, 0.3) is 11.4 Å². The first kappa shape index (κ1) is 85.0. The van der Waals surface area contributed by atoms with E-state index in [1.54, 1.807) is 101 Å². The van der Waals surface area contributed by atoms with Gasteiger partial charge in [-0.25, -0.2) is 0 Å². The Labute approximate surface area is 749 Å². The maximum absolute atomic E-state index is 12.8. The molecule has 660 valence electrons. The number of hydrogen-bond donors (Lipinski definition) is 4. The van der Waals surface area contributed by atoms with E-state index in [0.717, 1.165) is 177 Å². The number of carbonyl (C=O) groups excluding carboxylic acids is 7. The van der Waals surface area contributed by atoms with Crippen molar-refractivity contribution in [3.05, 3.63) is 271 Å². The molecule has 6 aromatic heterocycles. The predicted molar refractivity (Wildman–Crippen MR) is 491 cm³/mol. The molecule has 6 aromatic carbocycles. The minimum absolute atomic E-state index is 0.0431. The fourth-order valence-electron chi connectivity index (χ4n) is 20.7. The summed E-state index contributed by atoms with van der Waals surface area (Å²) < 4.78 is 38.5. The molecule has 0 fully saturated rings. The van der Waals surface area contributed by atoms with Gasteiger partial charge < -0.3 is 51.5 Å². The first-order chi connectivity index (χ1) is 63.5. The Morgan fingerprint density at radius 3 is 0.916 bits per heavy atom. The number of nitrogens with one attached hydrogen (secondary N) is 2. The molecule has 0 radical (unpaired) electrons. The zero-order valence-corrected chi connectivity index (χ0v) is 71.3. The van der Waals surface area contributed by atoms with Crippen molar-refractivity contribution in [1.29, 1.82) is 0 Å². The molecule has 0 bridgehead atoms. The number of nitro groups is 2. The highest BCUT2D eigenvalue weighted by molar-refractivity contribution is 6.09. The Hall–Kier alpha value is -15.5. The first-order valence-electron chi connectivity index (χ1n) is 43.7. The molecule has 0 spiro atoms. The molecule has 6 N–H and O–H groups in total. The van der Waals surface area contributed by atoms with Crippen LogP contribution < -0.4 is 51.5 Å². The van der Waals surface area contributed by atoms with E-state index in [0.29, 0.717) is 135 Å². The quantitative estimate of drug-likeness (QED) is 0.0561. The molecule has 0 atom stereocenters. The van der Waals surface area contributed by atoms with E-state index in [2.05, 4.69) is 59.5 Å². The maximum atomic E-state index is 12.8. The molecule has 12 aliphatic rings. The van der Waals surface area contributed by atoms with Crippen LogP contribution in [0.3, 0.4) is 0 Å². The number of hydrogen-bond acceptors (Lipinski definition) is 20. The van der Waals surface area contributed by atoms with Gasteiger partial charge in [-0.3, -0.25) is 83.7 Å². The number of rotatable bonds is 10. The third-order valence-corrected chi connectivity index (χ3v) is 26.4. The number of halogens is 3. The van der Waals surface area contributed by atoms with Crippen LogP contribution in [0.2, 0.25) is 0 Å². The van der Waals surface area contributed by atoms with Crippen molar-refractivity contribution in [2.45, 2.75) is 122 Å². The summed E-state index contributed by atoms with van der Waals surface area (Å²) in [5.74, 6) is -1.23. The van der Waals surface area contributed by atoms with Crippen molar-refractivity contribution < 1.29 is 56.6 Å². The summed E-state index contributed by atoms with van der Waals surface area (Å²) in [6, 6.07) is 34.5. The molecule has 7 amide bonds. The molecular weight excluding hydrogens is 1670 g/mol. The average molecular weight is 1760 g/mol. The molecule has 131 heavy (non-hydrogen) atoms. The first-order valence-corrected chi connectivity index (χ1v) is 43.7. The topological polar surface area (TPSA) is 379 Å². The number of amides is 7. The SMILES string of the molecule is CNc1c(-c2cccnc2)cc2c3c1CCC(=O)N3CC2.Nc1c(-c2cccnc2)cc2c3c1CCC(=O)N3CC2.Nc1c(-c2cccnc2)cc2c3c1CCN3C(=O)CC2.O=C1CCc2c3c(cc(-c4cccnc4)c2[N+](=O)[O-])CCN13.O=C1CCc2cc(-c3cccnc3)c(NC(=O)C(F)(F)F)c3c2N1CC3.O=C1CCc2cc(-c3cccnc3)c([N+](=O)[O-])c3c2N1CC3. The van der Waals surface area contributed by atoms with Crippen molar-refractivity contribution in [3.63, 3.8) is 0 Å². The fraction of sp³-hybridized carbons (Fsp3) is 0.263. The minimum Gasteiger partial charge on any atom is -0.398 e. The molecule has 29 nitrogen and oxygen atoms in total. The van der Waals surface area contributed by atoms with Gasteiger partial charge in [0.05, 0.1) is 71.9 Å². The smallest absolute Gasteiger partial charge is 0.398 e. The normalized spacial score (nSPS) is 16.0. The second kappa shape index (κ2) is 34.9. The second-order valence-electron chi connectivity index (χ2n) is 33.7. The summed E-state index contributed by atoms with van der Waals surface area (Å²) in [7, 11) is 1.95. The second-order valence-corrected chi connectivity index (χ2v) is 33.7. The predicted octanol–water partition coefficient (Wildman–Crippen LogP) is 15.0. The Bertz CT molecular complexity index is 6650. The fourth-order valence-corrected chi connectivity index (χ4v) is 20.7. The highest BCUT2D eigenvalue weighted by Gasteiger charge is 2.45. The monoisotopic (exact) mass is 1760 g/mol. The minimum atomic E-state index is -5.00. The number of nitrogen functional groups attached to an aromatic ring is 2. The van der Waals surface area contributed by atoms with Gasteiger partial charge in [-0.15, -0.1) is 0 Å². The molecule has 0 unspecified atom stereocenters. The van der Waals surface area contributed by atoms with Crippen LogP contribution in [-0.4, -0.2) is 134 Å². The highest BCUT2D eigenvalue weighted by atomic mass is 19.4. The molecular formula is C99H87F3N18O11. The number of nitrogens with two attached hydrogens (primary N) is 2. The number of aryl methyl sites for hydroxylation is 3. The van der Waals surface area contributed by atoms with Gasteiger partial charge in [0.2, 0.25) is 35.4 Å². The number of alkyl halides is 3.